The Balaban J connectivity index is 1.62. The van der Waals surface area contributed by atoms with Crippen LogP contribution < -0.4 is 10.2 Å². The number of nitro groups is 1. The Labute approximate surface area is 154 Å². The van der Waals surface area contributed by atoms with Gasteiger partial charge in [0.2, 0.25) is 0 Å². The highest BCUT2D eigenvalue weighted by Crippen LogP contribution is 2.24. The van der Waals surface area contributed by atoms with Crippen molar-refractivity contribution in [3.63, 3.8) is 0 Å². The fraction of sp³-hybridized carbons (Fsp3) is 0.0526. The van der Waals surface area contributed by atoms with Crippen LogP contribution in [0.2, 0.25) is 0 Å². The van der Waals surface area contributed by atoms with Crippen LogP contribution in [0.1, 0.15) is 16.1 Å². The standard InChI is InChI=1S/C19H15N3O5/c1-26-16-8-4-14(5-9-16)19(23)21-20-12-17-10-11-18(27-17)13-2-6-15(7-3-13)22(24)25/h2-12H,1H3,(H,21,23)/b20-12+. The van der Waals surface area contributed by atoms with E-state index >= 15 is 0 Å². The average Bonchev–Trinajstić information content (AvgIpc) is 3.17. The zero-order chi connectivity index (χ0) is 19.2. The predicted octanol–water partition coefficient (Wildman–Crippen LogP) is 3.63. The van der Waals surface area contributed by atoms with Crippen LogP contribution in [0.15, 0.2) is 70.2 Å². The minimum absolute atomic E-state index is 0.00772. The van der Waals surface area contributed by atoms with Crippen LogP contribution in [0.25, 0.3) is 11.3 Å². The number of nitro benzene ring substituents is 1. The third kappa shape index (κ3) is 4.37. The van der Waals surface area contributed by atoms with E-state index < -0.39 is 4.92 Å². The Kier molecular flexibility index (Phi) is 5.27. The molecule has 2 aromatic carbocycles. The molecule has 0 unspecified atom stereocenters. The molecule has 0 aliphatic carbocycles. The average molecular weight is 365 g/mol. The maximum Gasteiger partial charge on any atom is 0.271 e. The van der Waals surface area contributed by atoms with Gasteiger partial charge in [-0.05, 0) is 48.5 Å². The summed E-state index contributed by atoms with van der Waals surface area (Å²) < 4.78 is 10.6. The number of hydrogen-bond donors (Lipinski definition) is 1. The van der Waals surface area contributed by atoms with Gasteiger partial charge in [0.15, 0.2) is 0 Å². The van der Waals surface area contributed by atoms with Gasteiger partial charge in [0.25, 0.3) is 11.6 Å². The lowest BCUT2D eigenvalue weighted by molar-refractivity contribution is -0.384. The van der Waals surface area contributed by atoms with Gasteiger partial charge in [0.1, 0.15) is 17.3 Å². The number of hydrazone groups is 1. The van der Waals surface area contributed by atoms with Crippen molar-refractivity contribution in [2.75, 3.05) is 7.11 Å². The molecule has 1 N–H and O–H groups in total. The van der Waals surface area contributed by atoms with Crippen LogP contribution in [0.5, 0.6) is 5.75 Å². The number of ether oxygens (including phenoxy) is 1. The van der Waals surface area contributed by atoms with E-state index in [0.29, 0.717) is 28.4 Å². The topological polar surface area (TPSA) is 107 Å². The predicted molar refractivity (Wildman–Crippen MR) is 98.9 cm³/mol. The molecule has 0 atom stereocenters. The Hall–Kier alpha value is -3.94. The van der Waals surface area contributed by atoms with Crippen molar-refractivity contribution in [3.05, 3.63) is 82.1 Å². The second kappa shape index (κ2) is 7.96. The van der Waals surface area contributed by atoms with Crippen molar-refractivity contribution in [2.45, 2.75) is 0 Å². The summed E-state index contributed by atoms with van der Waals surface area (Å²) in [7, 11) is 1.55. The monoisotopic (exact) mass is 365 g/mol. The van der Waals surface area contributed by atoms with E-state index in [1.54, 1.807) is 55.6 Å². The van der Waals surface area contributed by atoms with E-state index in [1.165, 1.54) is 18.3 Å². The molecule has 0 saturated carbocycles. The van der Waals surface area contributed by atoms with Crippen LogP contribution in [-0.4, -0.2) is 24.2 Å². The van der Waals surface area contributed by atoms with E-state index in [-0.39, 0.29) is 11.6 Å². The van der Waals surface area contributed by atoms with Gasteiger partial charge < -0.3 is 9.15 Å². The quantitative estimate of drug-likeness (QED) is 0.408. The lowest BCUT2D eigenvalue weighted by Crippen LogP contribution is -2.17. The van der Waals surface area contributed by atoms with Crippen molar-refractivity contribution in [1.29, 1.82) is 0 Å². The van der Waals surface area contributed by atoms with Crippen LogP contribution in [0.3, 0.4) is 0 Å². The number of furan rings is 1. The molecule has 1 aromatic heterocycles. The minimum Gasteiger partial charge on any atom is -0.497 e. The van der Waals surface area contributed by atoms with Crippen molar-refractivity contribution < 1.29 is 18.9 Å². The van der Waals surface area contributed by atoms with E-state index in [9.17, 15) is 14.9 Å². The first kappa shape index (κ1) is 17.9. The highest BCUT2D eigenvalue weighted by atomic mass is 16.6. The van der Waals surface area contributed by atoms with Crippen molar-refractivity contribution in [2.24, 2.45) is 5.10 Å². The number of rotatable bonds is 6. The Morgan fingerprint density at radius 2 is 1.81 bits per heavy atom. The van der Waals surface area contributed by atoms with Crippen LogP contribution in [-0.2, 0) is 0 Å². The first-order valence-corrected chi connectivity index (χ1v) is 7.89. The normalized spacial score (nSPS) is 10.7. The molecule has 3 rings (SSSR count). The number of hydrogen-bond acceptors (Lipinski definition) is 6. The summed E-state index contributed by atoms with van der Waals surface area (Å²) in [6.45, 7) is 0. The van der Waals surface area contributed by atoms with Crippen LogP contribution >= 0.6 is 0 Å². The second-order valence-electron chi connectivity index (χ2n) is 5.43. The fourth-order valence-corrected chi connectivity index (χ4v) is 2.29. The molecule has 8 heteroatoms. The van der Waals surface area contributed by atoms with E-state index in [2.05, 4.69) is 10.5 Å². The lowest BCUT2D eigenvalue weighted by Gasteiger charge is -2.01. The summed E-state index contributed by atoms with van der Waals surface area (Å²) in [6, 6.07) is 16.0. The van der Waals surface area contributed by atoms with E-state index in [4.69, 9.17) is 9.15 Å². The highest BCUT2D eigenvalue weighted by molar-refractivity contribution is 5.94. The highest BCUT2D eigenvalue weighted by Gasteiger charge is 2.08. The molecule has 0 radical (unpaired) electrons. The van der Waals surface area contributed by atoms with Gasteiger partial charge in [-0.1, -0.05) is 0 Å². The number of carbonyl (C=O) groups excluding carboxylic acids is 1. The van der Waals surface area contributed by atoms with E-state index in [1.807, 2.05) is 0 Å². The maximum atomic E-state index is 12.0. The minimum atomic E-state index is -0.463. The molecule has 0 aliphatic heterocycles. The summed E-state index contributed by atoms with van der Waals surface area (Å²) in [5.41, 5.74) is 3.56. The lowest BCUT2D eigenvalue weighted by atomic mass is 10.1. The van der Waals surface area contributed by atoms with Gasteiger partial charge in [-0.25, -0.2) is 5.43 Å². The molecule has 1 heterocycles. The zero-order valence-corrected chi connectivity index (χ0v) is 14.3. The van der Waals surface area contributed by atoms with Gasteiger partial charge >= 0.3 is 0 Å². The van der Waals surface area contributed by atoms with Crippen LogP contribution in [0, 0.1) is 10.1 Å². The third-order valence-electron chi connectivity index (χ3n) is 3.70. The zero-order valence-electron chi connectivity index (χ0n) is 14.3. The molecule has 0 aliphatic rings. The molecule has 0 saturated heterocycles. The Bertz CT molecular complexity index is 975. The van der Waals surface area contributed by atoms with Gasteiger partial charge in [0, 0.05) is 23.3 Å². The van der Waals surface area contributed by atoms with Gasteiger partial charge in [-0.2, -0.15) is 5.10 Å². The Morgan fingerprint density at radius 3 is 2.44 bits per heavy atom. The van der Waals surface area contributed by atoms with Gasteiger partial charge in [0.05, 0.1) is 18.2 Å². The molecular formula is C19H15N3O5. The Morgan fingerprint density at radius 1 is 1.11 bits per heavy atom. The van der Waals surface area contributed by atoms with Crippen molar-refractivity contribution >= 4 is 17.8 Å². The van der Waals surface area contributed by atoms with Crippen molar-refractivity contribution in [3.8, 4) is 17.1 Å². The third-order valence-corrected chi connectivity index (χ3v) is 3.70. The smallest absolute Gasteiger partial charge is 0.271 e. The first-order valence-electron chi connectivity index (χ1n) is 7.89. The second-order valence-corrected chi connectivity index (χ2v) is 5.43. The number of nitrogens with one attached hydrogen (secondary N) is 1. The molecule has 0 bridgehead atoms. The largest absolute Gasteiger partial charge is 0.497 e. The molecule has 0 fully saturated rings. The molecule has 27 heavy (non-hydrogen) atoms. The molecule has 3 aromatic rings. The molecule has 8 nitrogen and oxygen atoms in total. The van der Waals surface area contributed by atoms with Gasteiger partial charge in [-0.15, -0.1) is 0 Å². The molecular weight excluding hydrogens is 350 g/mol. The summed E-state index contributed by atoms with van der Waals surface area (Å²) >= 11 is 0. The number of amides is 1. The summed E-state index contributed by atoms with van der Waals surface area (Å²) in [5, 5.41) is 14.6. The number of carbonyl (C=O) groups is 1. The van der Waals surface area contributed by atoms with E-state index in [0.717, 1.165) is 0 Å². The molecule has 1 amide bonds. The first-order chi connectivity index (χ1) is 13.1. The maximum absolute atomic E-state index is 12.0. The summed E-state index contributed by atoms with van der Waals surface area (Å²) in [4.78, 5) is 22.2. The fourth-order valence-electron chi connectivity index (χ4n) is 2.29. The van der Waals surface area contributed by atoms with Gasteiger partial charge in [-0.3, -0.25) is 14.9 Å². The number of methoxy groups -OCH3 is 1. The van der Waals surface area contributed by atoms with Crippen molar-refractivity contribution in [1.82, 2.24) is 5.43 Å². The SMILES string of the molecule is COc1ccc(C(=O)N/N=C/c2ccc(-c3ccc([N+](=O)[O-])cc3)o2)cc1. The number of non-ortho nitro benzene ring substituents is 1. The van der Waals surface area contributed by atoms with Crippen LogP contribution in [0.4, 0.5) is 5.69 Å². The molecule has 0 spiro atoms. The number of nitrogens with zero attached hydrogens (tertiary/aromatic N) is 2. The number of benzene rings is 2. The summed E-state index contributed by atoms with van der Waals surface area (Å²) in [5.74, 6) is 1.26. The molecule has 136 valence electrons. The summed E-state index contributed by atoms with van der Waals surface area (Å²) in [6.07, 6.45) is 1.37.